The number of ketones is 1. The Labute approximate surface area is 356 Å². The van der Waals surface area contributed by atoms with Crippen LogP contribution in [-0.2, 0) is 54.4 Å². The summed E-state index contributed by atoms with van der Waals surface area (Å²) in [5.74, 6) is -10.8. The molecule has 0 aliphatic carbocycles. The first-order valence-electron chi connectivity index (χ1n) is 20.4. The van der Waals surface area contributed by atoms with Crippen molar-refractivity contribution in [3.8, 4) is 0 Å². The van der Waals surface area contributed by atoms with E-state index in [4.69, 9.17) is 10.8 Å². The predicted octanol–water partition coefficient (Wildman–Crippen LogP) is 0.779. The molecule has 19 heteroatoms. The van der Waals surface area contributed by atoms with Gasteiger partial charge < -0.3 is 47.8 Å². The lowest BCUT2D eigenvalue weighted by Gasteiger charge is -2.34. The zero-order valence-corrected chi connectivity index (χ0v) is 36.6. The maximum Gasteiger partial charge on any atom is 0.305 e. The topological polar surface area (TPSA) is 309 Å². The first-order chi connectivity index (χ1) is 28.3. The summed E-state index contributed by atoms with van der Waals surface area (Å²) < 4.78 is 0. The smallest absolute Gasteiger partial charge is 0.305 e. The average molecular weight is 860 g/mol. The van der Waals surface area contributed by atoms with Crippen molar-refractivity contribution in [3.63, 3.8) is 0 Å². The number of unbranched alkanes of at least 4 members (excludes halogenated alkanes) is 1. The first kappa shape index (κ1) is 53.1. The van der Waals surface area contributed by atoms with E-state index in [1.165, 1.54) is 0 Å². The Kier molecular flexibility index (Phi) is 21.8. The Hall–Kier alpha value is -5.88. The maximum absolute atomic E-state index is 14.3. The van der Waals surface area contributed by atoms with Gasteiger partial charge in [-0.1, -0.05) is 92.5 Å². The zero-order valence-electron chi connectivity index (χ0n) is 36.6. The second-order valence-electron chi connectivity index (χ2n) is 17.0. The monoisotopic (exact) mass is 859 g/mol. The number of hydrogen-bond donors (Lipinski definition) is 9. The molecule has 1 aromatic carbocycles. The fourth-order valence-corrected chi connectivity index (χ4v) is 6.19. The van der Waals surface area contributed by atoms with Crippen LogP contribution >= 0.6 is 0 Å². The van der Waals surface area contributed by atoms with Crippen LogP contribution in [0, 0.1) is 24.2 Å². The average Bonchev–Trinajstić information content (AvgIpc) is 3.14. The Balaban J connectivity index is 3.52. The van der Waals surface area contributed by atoms with E-state index in [1.807, 2.05) is 20.8 Å². The Morgan fingerprint density at radius 2 is 1.23 bits per heavy atom. The lowest BCUT2D eigenvalue weighted by molar-refractivity contribution is -0.142. The minimum atomic E-state index is -1.67. The van der Waals surface area contributed by atoms with Gasteiger partial charge in [-0.15, -0.1) is 0 Å². The number of aryl methyl sites for hydroxylation is 1. The molecule has 1 aromatic rings. The highest BCUT2D eigenvalue weighted by Gasteiger charge is 2.39. The van der Waals surface area contributed by atoms with Gasteiger partial charge in [-0.05, 0) is 48.1 Å². The van der Waals surface area contributed by atoms with Gasteiger partial charge in [-0.25, -0.2) is 0 Å². The number of primary amides is 1. The number of carboxylic acid groups (broad SMARTS) is 2. The van der Waals surface area contributed by atoms with E-state index >= 15 is 0 Å². The third kappa shape index (κ3) is 18.9. The van der Waals surface area contributed by atoms with E-state index in [-0.39, 0.29) is 25.2 Å². The van der Waals surface area contributed by atoms with Gasteiger partial charge in [0, 0.05) is 12.8 Å². The largest absolute Gasteiger partial charge is 0.481 e. The minimum absolute atomic E-state index is 0.0752. The molecule has 0 saturated carbocycles. The van der Waals surface area contributed by atoms with Crippen molar-refractivity contribution in [2.75, 3.05) is 0 Å². The molecule has 340 valence electrons. The fraction of sp³-hybridized carbons (Fsp3) is 0.619. The van der Waals surface area contributed by atoms with Gasteiger partial charge in [-0.3, -0.25) is 47.9 Å². The highest BCUT2D eigenvalue weighted by Crippen LogP contribution is 2.21. The van der Waals surface area contributed by atoms with Gasteiger partial charge in [0.15, 0.2) is 0 Å². The van der Waals surface area contributed by atoms with Crippen LogP contribution in [0.25, 0.3) is 0 Å². The van der Waals surface area contributed by atoms with Gasteiger partial charge in [0.1, 0.15) is 30.2 Å². The molecular weight excluding hydrogens is 794 g/mol. The molecule has 0 radical (unpaired) electrons. The third-order valence-electron chi connectivity index (χ3n) is 9.64. The second kappa shape index (κ2) is 25.0. The molecule has 0 aliphatic heterocycles. The molecule has 0 heterocycles. The number of rotatable bonds is 26. The molecule has 10 N–H and O–H groups in total. The minimum Gasteiger partial charge on any atom is -0.481 e. The van der Waals surface area contributed by atoms with Crippen LogP contribution in [0.5, 0.6) is 0 Å². The summed E-state index contributed by atoms with van der Waals surface area (Å²) in [5, 5.41) is 33.7. The highest BCUT2D eigenvalue weighted by molar-refractivity contribution is 6.37. The van der Waals surface area contributed by atoms with Crippen molar-refractivity contribution in [1.29, 1.82) is 0 Å². The Morgan fingerprint density at radius 1 is 0.672 bits per heavy atom. The number of nitrogens with two attached hydrogens (primary N) is 1. The van der Waals surface area contributed by atoms with Crippen LogP contribution in [0.15, 0.2) is 24.3 Å². The van der Waals surface area contributed by atoms with E-state index in [0.717, 1.165) is 5.56 Å². The first-order valence-corrected chi connectivity index (χ1v) is 20.4. The summed E-state index contributed by atoms with van der Waals surface area (Å²) in [6.07, 6.45) is -0.602. The van der Waals surface area contributed by atoms with E-state index in [1.54, 1.807) is 65.8 Å². The van der Waals surface area contributed by atoms with Crippen LogP contribution in [0.4, 0.5) is 0 Å². The van der Waals surface area contributed by atoms with Crippen molar-refractivity contribution in [2.24, 2.45) is 23.0 Å². The molecule has 0 fully saturated rings. The molecule has 7 amide bonds. The summed E-state index contributed by atoms with van der Waals surface area (Å²) in [7, 11) is 0. The van der Waals surface area contributed by atoms with Gasteiger partial charge in [0.25, 0.3) is 5.91 Å². The molecule has 1 rings (SSSR count). The van der Waals surface area contributed by atoms with Crippen LogP contribution in [-0.4, -0.2) is 106 Å². The number of hydrogen-bond acceptors (Lipinski definition) is 10. The van der Waals surface area contributed by atoms with Crippen molar-refractivity contribution >= 4 is 59.1 Å². The standard InChI is InChI=1S/C42H65N7O12/c1-10-11-16-26(34(55)36(43)56)45-37(57)27(19-22(2)3)47-41(61)35(42(7,8)9)49-39(59)28(20-25-15-13-12-14-24(25)6)46-40(60)33(23(4)5)48-38(58)29(21-32(53)54)44-30(50)17-18-31(51)52/h12-15,22-23,26-29,33,35H,10-11,16-21H2,1-9H3,(H2,43,56)(H,44,50)(H,45,57)(H,46,60)(H,47,61)(H,48,58)(H,49,59)(H,51,52)(H,53,54)/t26-,27-,28-,29+,33+,35+/m0/s1. The molecule has 0 aliphatic rings. The fourth-order valence-electron chi connectivity index (χ4n) is 6.19. The lowest BCUT2D eigenvalue weighted by atomic mass is 9.85. The molecule has 0 bridgehead atoms. The Morgan fingerprint density at radius 3 is 1.74 bits per heavy atom. The number of carboxylic acids is 2. The predicted molar refractivity (Wildman–Crippen MR) is 223 cm³/mol. The van der Waals surface area contributed by atoms with Crippen LogP contribution < -0.4 is 37.6 Å². The number of carbonyl (C=O) groups excluding carboxylic acids is 8. The molecule has 0 spiro atoms. The highest BCUT2D eigenvalue weighted by atomic mass is 16.4. The Bertz CT molecular complexity index is 1760. The molecular formula is C42H65N7O12. The van der Waals surface area contributed by atoms with Crippen molar-refractivity contribution in [2.45, 2.75) is 150 Å². The lowest BCUT2D eigenvalue weighted by Crippen LogP contribution is -2.62. The normalized spacial score (nSPS) is 14.3. The van der Waals surface area contributed by atoms with Crippen molar-refractivity contribution in [1.82, 2.24) is 31.9 Å². The van der Waals surface area contributed by atoms with Gasteiger partial charge in [-0.2, -0.15) is 0 Å². The SMILES string of the molecule is CCCC[C@H](NC(=O)[C@H](CC(C)C)NC(=O)[C@@H](NC(=O)[C@H](Cc1ccccc1C)NC(=O)[C@H](NC(=O)[C@@H](CC(=O)O)NC(=O)CCC(=O)O)C(C)C)C(C)(C)C)C(=O)C(N)=O. The summed E-state index contributed by atoms with van der Waals surface area (Å²) in [4.78, 5) is 128. The van der Waals surface area contributed by atoms with E-state index in [0.29, 0.717) is 18.4 Å². The number of Topliss-reactive ketones (excluding diaryl/α,β-unsaturated/α-hetero) is 1. The summed E-state index contributed by atoms with van der Waals surface area (Å²) in [6.45, 7) is 15.5. The van der Waals surface area contributed by atoms with Crippen LogP contribution in [0.1, 0.15) is 111 Å². The van der Waals surface area contributed by atoms with Crippen molar-refractivity contribution < 1.29 is 58.2 Å². The third-order valence-corrected chi connectivity index (χ3v) is 9.64. The number of nitrogens with one attached hydrogen (secondary N) is 6. The quantitative estimate of drug-likeness (QED) is 0.0584. The van der Waals surface area contributed by atoms with Crippen LogP contribution in [0.2, 0.25) is 0 Å². The second-order valence-corrected chi connectivity index (χ2v) is 17.0. The van der Waals surface area contributed by atoms with Gasteiger partial charge in [0.05, 0.1) is 18.9 Å². The summed E-state index contributed by atoms with van der Waals surface area (Å²) >= 11 is 0. The number of aliphatic carboxylic acids is 2. The zero-order chi connectivity index (χ0) is 46.8. The molecule has 0 aromatic heterocycles. The molecule has 0 unspecified atom stereocenters. The van der Waals surface area contributed by atoms with E-state index < -0.39 is 126 Å². The molecule has 6 atom stereocenters. The maximum atomic E-state index is 14.3. The van der Waals surface area contributed by atoms with E-state index in [9.17, 15) is 53.1 Å². The van der Waals surface area contributed by atoms with E-state index in [2.05, 4.69) is 31.9 Å². The molecule has 0 saturated heterocycles. The van der Waals surface area contributed by atoms with Gasteiger partial charge >= 0.3 is 11.9 Å². The molecule has 19 nitrogen and oxygen atoms in total. The van der Waals surface area contributed by atoms with Crippen molar-refractivity contribution in [3.05, 3.63) is 35.4 Å². The summed E-state index contributed by atoms with van der Waals surface area (Å²) in [5.41, 5.74) is 5.69. The number of benzene rings is 1. The van der Waals surface area contributed by atoms with Gasteiger partial charge in [0.2, 0.25) is 41.2 Å². The summed E-state index contributed by atoms with van der Waals surface area (Å²) in [6, 6.07) is -1.03. The van der Waals surface area contributed by atoms with Crippen LogP contribution in [0.3, 0.4) is 0 Å². The molecule has 61 heavy (non-hydrogen) atoms. The number of carbonyl (C=O) groups is 10. The number of amides is 7.